The number of anilines is 1. The Balaban J connectivity index is 1.80. The van der Waals surface area contributed by atoms with Crippen molar-refractivity contribution in [3.63, 3.8) is 0 Å². The molecule has 1 heterocycles. The van der Waals surface area contributed by atoms with Gasteiger partial charge >= 0.3 is 0 Å². The molecule has 4 aliphatic rings. The van der Waals surface area contributed by atoms with Crippen molar-refractivity contribution in [1.29, 1.82) is 0 Å². The van der Waals surface area contributed by atoms with Crippen molar-refractivity contribution in [3.8, 4) is 0 Å². The highest BCUT2D eigenvalue weighted by Gasteiger charge is 2.61. The smallest absolute Gasteiger partial charge is 0.238 e. The Morgan fingerprint density at radius 1 is 0.870 bits per heavy atom. The topological polar surface area (TPSA) is 54.5 Å². The van der Waals surface area contributed by atoms with Crippen molar-refractivity contribution < 1.29 is 27.6 Å². The zero-order valence-electron chi connectivity index (χ0n) is 11.9. The number of carbonyl (C=O) groups excluding carboxylic acids is 3. The van der Waals surface area contributed by atoms with Crippen LogP contribution in [-0.4, -0.2) is 17.6 Å². The average Bonchev–Trinajstić information content (AvgIpc) is 2.77. The second kappa shape index (κ2) is 4.66. The van der Waals surface area contributed by atoms with Crippen LogP contribution < -0.4 is 4.90 Å². The Labute approximate surface area is 129 Å². The fourth-order valence-electron chi connectivity index (χ4n) is 4.30. The molecule has 3 saturated carbocycles. The van der Waals surface area contributed by atoms with Crippen LogP contribution >= 0.6 is 0 Å². The lowest BCUT2D eigenvalue weighted by molar-refractivity contribution is -0.143. The van der Waals surface area contributed by atoms with Crippen LogP contribution in [0.25, 0.3) is 0 Å². The van der Waals surface area contributed by atoms with E-state index >= 15 is 0 Å². The van der Waals surface area contributed by atoms with Gasteiger partial charge < -0.3 is 0 Å². The van der Waals surface area contributed by atoms with Crippen molar-refractivity contribution in [2.45, 2.75) is 19.3 Å². The molecule has 4 fully saturated rings. The third kappa shape index (κ3) is 1.82. The molecule has 4 unspecified atom stereocenters. The first-order valence-electron chi connectivity index (χ1n) is 7.45. The zero-order valence-corrected chi connectivity index (χ0v) is 11.9. The molecule has 4 atom stereocenters. The molecule has 4 nitrogen and oxygen atoms in total. The van der Waals surface area contributed by atoms with Crippen LogP contribution in [0, 0.1) is 41.1 Å². The number of amides is 2. The summed E-state index contributed by atoms with van der Waals surface area (Å²) < 4.78 is 40.5. The van der Waals surface area contributed by atoms with Gasteiger partial charge in [0.25, 0.3) is 0 Å². The van der Waals surface area contributed by atoms with Crippen molar-refractivity contribution in [3.05, 3.63) is 29.6 Å². The van der Waals surface area contributed by atoms with Crippen molar-refractivity contribution in [2.24, 2.45) is 23.7 Å². The molecule has 120 valence electrons. The molecule has 5 rings (SSSR count). The van der Waals surface area contributed by atoms with Crippen LogP contribution in [0.5, 0.6) is 0 Å². The lowest BCUT2D eigenvalue weighted by Gasteiger charge is -2.41. The summed E-state index contributed by atoms with van der Waals surface area (Å²) in [4.78, 5) is 37.8. The third-order valence-electron chi connectivity index (χ3n) is 5.30. The van der Waals surface area contributed by atoms with Crippen LogP contribution in [0.2, 0.25) is 0 Å². The van der Waals surface area contributed by atoms with E-state index in [9.17, 15) is 27.6 Å². The second-order valence-corrected chi connectivity index (χ2v) is 6.40. The van der Waals surface area contributed by atoms with Crippen LogP contribution in [0.1, 0.15) is 19.3 Å². The highest BCUT2D eigenvalue weighted by Crippen LogP contribution is 2.52. The highest BCUT2D eigenvalue weighted by atomic mass is 19.2. The molecule has 0 aromatic heterocycles. The number of rotatable bonds is 1. The Hall–Kier alpha value is -2.18. The summed E-state index contributed by atoms with van der Waals surface area (Å²) in [5, 5.41) is 0. The Morgan fingerprint density at radius 2 is 1.52 bits per heavy atom. The molecule has 2 bridgehead atoms. The quantitative estimate of drug-likeness (QED) is 0.588. The van der Waals surface area contributed by atoms with Gasteiger partial charge in [-0.2, -0.15) is 0 Å². The summed E-state index contributed by atoms with van der Waals surface area (Å²) in [6.45, 7) is 0. The van der Waals surface area contributed by atoms with E-state index in [-0.39, 0.29) is 18.1 Å². The maximum atomic E-state index is 14.0. The van der Waals surface area contributed by atoms with E-state index in [1.807, 2.05) is 0 Å². The van der Waals surface area contributed by atoms with Gasteiger partial charge in [0.05, 0.1) is 17.5 Å². The van der Waals surface area contributed by atoms with Gasteiger partial charge in [-0.25, -0.2) is 18.1 Å². The molecule has 7 heteroatoms. The average molecular weight is 323 g/mol. The van der Waals surface area contributed by atoms with E-state index < -0.39 is 52.7 Å². The SMILES string of the molecule is O=C1CC2CCC1C1C(=O)N(c3cc(F)c(F)cc3F)C(=O)C21. The van der Waals surface area contributed by atoms with Crippen molar-refractivity contribution in [2.75, 3.05) is 4.90 Å². The number of fused-ring (bicyclic) bond motifs is 2. The third-order valence-corrected chi connectivity index (χ3v) is 5.30. The fourth-order valence-corrected chi connectivity index (χ4v) is 4.30. The minimum absolute atomic E-state index is 0.0451. The normalized spacial score (nSPS) is 32.7. The summed E-state index contributed by atoms with van der Waals surface area (Å²) in [5.41, 5.74) is -0.583. The van der Waals surface area contributed by atoms with Gasteiger partial charge in [-0.1, -0.05) is 0 Å². The van der Waals surface area contributed by atoms with Crippen molar-refractivity contribution >= 4 is 23.3 Å². The number of nitrogens with zero attached hydrogens (tertiary/aromatic N) is 1. The summed E-state index contributed by atoms with van der Waals surface area (Å²) in [7, 11) is 0. The number of hydrogen-bond acceptors (Lipinski definition) is 3. The number of hydrogen-bond donors (Lipinski definition) is 0. The number of Topliss-reactive ketones (excluding diaryl/α,β-unsaturated/α-hetero) is 1. The van der Waals surface area contributed by atoms with Crippen LogP contribution in [0.15, 0.2) is 12.1 Å². The minimum atomic E-state index is -1.39. The molecule has 2 amide bonds. The standard InChI is InChI=1S/C16H12F3NO3/c17-8-4-10(19)11(5-9(8)18)20-15(22)13-6-1-2-7(12(21)3-6)14(13)16(20)23/h4-7,13-14H,1-3H2. The Kier molecular flexibility index (Phi) is 2.92. The fraction of sp³-hybridized carbons (Fsp3) is 0.438. The maximum Gasteiger partial charge on any atom is 0.238 e. The summed E-state index contributed by atoms with van der Waals surface area (Å²) in [6.07, 6.45) is 1.46. The van der Waals surface area contributed by atoms with Crippen molar-refractivity contribution in [1.82, 2.24) is 0 Å². The van der Waals surface area contributed by atoms with E-state index in [0.29, 0.717) is 29.9 Å². The maximum absolute atomic E-state index is 14.0. The summed E-state index contributed by atoms with van der Waals surface area (Å²) in [5.74, 6) is -7.47. The monoisotopic (exact) mass is 323 g/mol. The minimum Gasteiger partial charge on any atom is -0.299 e. The van der Waals surface area contributed by atoms with Gasteiger partial charge in [-0.3, -0.25) is 14.4 Å². The Bertz CT molecular complexity index is 763. The lowest BCUT2D eigenvalue weighted by Crippen LogP contribution is -2.46. The van der Waals surface area contributed by atoms with E-state index in [1.54, 1.807) is 0 Å². The molecule has 0 N–H and O–H groups in total. The molecule has 1 aliphatic heterocycles. The largest absolute Gasteiger partial charge is 0.299 e. The molecule has 1 aromatic carbocycles. The molecule has 1 saturated heterocycles. The first-order valence-corrected chi connectivity index (χ1v) is 7.45. The van der Waals surface area contributed by atoms with Gasteiger partial charge in [0.2, 0.25) is 11.8 Å². The van der Waals surface area contributed by atoms with E-state index in [1.165, 1.54) is 0 Å². The molecule has 3 aliphatic carbocycles. The van der Waals surface area contributed by atoms with Crippen LogP contribution in [0.4, 0.5) is 18.9 Å². The first-order chi connectivity index (χ1) is 10.9. The van der Waals surface area contributed by atoms with Gasteiger partial charge in [0.15, 0.2) is 17.5 Å². The molecule has 1 aromatic rings. The van der Waals surface area contributed by atoms with E-state index in [2.05, 4.69) is 0 Å². The predicted molar refractivity (Wildman–Crippen MR) is 71.6 cm³/mol. The van der Waals surface area contributed by atoms with Gasteiger partial charge in [0.1, 0.15) is 5.78 Å². The number of carbonyl (C=O) groups is 3. The molecular formula is C16H12F3NO3. The van der Waals surface area contributed by atoms with E-state index in [4.69, 9.17) is 0 Å². The van der Waals surface area contributed by atoms with Gasteiger partial charge in [-0.05, 0) is 18.8 Å². The number of benzene rings is 1. The predicted octanol–water partition coefficient (Wildman–Crippen LogP) is 2.21. The summed E-state index contributed by atoms with van der Waals surface area (Å²) in [6, 6.07) is 0.828. The van der Waals surface area contributed by atoms with E-state index in [0.717, 1.165) is 0 Å². The molecule has 0 spiro atoms. The first kappa shape index (κ1) is 14.4. The highest BCUT2D eigenvalue weighted by molar-refractivity contribution is 6.23. The Morgan fingerprint density at radius 3 is 2.22 bits per heavy atom. The van der Waals surface area contributed by atoms with Crippen LogP contribution in [-0.2, 0) is 14.4 Å². The molecule has 23 heavy (non-hydrogen) atoms. The zero-order chi connectivity index (χ0) is 16.5. The summed E-state index contributed by atoms with van der Waals surface area (Å²) >= 11 is 0. The number of halogens is 3. The number of ketones is 1. The van der Waals surface area contributed by atoms with Crippen LogP contribution in [0.3, 0.4) is 0 Å². The van der Waals surface area contributed by atoms with Gasteiger partial charge in [-0.15, -0.1) is 0 Å². The molecule has 0 radical (unpaired) electrons. The lowest BCUT2D eigenvalue weighted by atomic mass is 9.59. The van der Waals surface area contributed by atoms with Gasteiger partial charge in [0, 0.05) is 24.5 Å². The second-order valence-electron chi connectivity index (χ2n) is 6.40. The number of imide groups is 1. The molecular weight excluding hydrogens is 311 g/mol.